The number of nitrogens with one attached hydrogen (secondary N) is 2. The molecule has 24 heavy (non-hydrogen) atoms. The minimum atomic E-state index is -0.0175. The van der Waals surface area contributed by atoms with Gasteiger partial charge in [0.1, 0.15) is 5.00 Å². The molecule has 0 aliphatic heterocycles. The van der Waals surface area contributed by atoms with E-state index in [-0.39, 0.29) is 6.03 Å². The van der Waals surface area contributed by atoms with Crippen molar-refractivity contribution in [1.29, 1.82) is 0 Å². The van der Waals surface area contributed by atoms with Crippen molar-refractivity contribution in [1.82, 2.24) is 15.2 Å². The highest BCUT2D eigenvalue weighted by molar-refractivity contribution is 7.14. The highest BCUT2D eigenvalue weighted by Crippen LogP contribution is 2.36. The summed E-state index contributed by atoms with van der Waals surface area (Å²) in [6.07, 6.45) is 13.8. The van der Waals surface area contributed by atoms with Gasteiger partial charge in [0.15, 0.2) is 0 Å². The quantitative estimate of drug-likeness (QED) is 0.860. The third-order valence-corrected chi connectivity index (χ3v) is 6.56. The number of hydrogen-bond donors (Lipinski definition) is 2. The summed E-state index contributed by atoms with van der Waals surface area (Å²) in [6.45, 7) is 0.623. The molecule has 4 nitrogen and oxygen atoms in total. The van der Waals surface area contributed by atoms with Gasteiger partial charge >= 0.3 is 6.03 Å². The van der Waals surface area contributed by atoms with Crippen LogP contribution in [-0.2, 0) is 19.4 Å². The molecule has 2 aliphatic carbocycles. The summed E-state index contributed by atoms with van der Waals surface area (Å²) in [5, 5.41) is 7.50. The van der Waals surface area contributed by atoms with E-state index >= 15 is 0 Å². The molecule has 4 rings (SSSR count). The van der Waals surface area contributed by atoms with Gasteiger partial charge in [-0.05, 0) is 56.2 Å². The van der Waals surface area contributed by atoms with Crippen LogP contribution in [0.25, 0.3) is 5.00 Å². The number of thiophene rings is 1. The van der Waals surface area contributed by atoms with Gasteiger partial charge < -0.3 is 15.2 Å². The highest BCUT2D eigenvalue weighted by atomic mass is 32.1. The van der Waals surface area contributed by atoms with Crippen LogP contribution in [-0.4, -0.2) is 16.6 Å². The number of carbonyl (C=O) groups excluding carboxylic acids is 1. The second-order valence-electron chi connectivity index (χ2n) is 6.89. The number of aryl methyl sites for hydroxylation is 1. The molecule has 0 spiro atoms. The molecule has 2 aromatic heterocycles. The second kappa shape index (κ2) is 7.01. The van der Waals surface area contributed by atoms with Gasteiger partial charge in [-0.2, -0.15) is 0 Å². The number of urea groups is 1. The van der Waals surface area contributed by atoms with Crippen LogP contribution in [0.5, 0.6) is 0 Å². The molecule has 1 saturated carbocycles. The lowest BCUT2D eigenvalue weighted by molar-refractivity contribution is 0.236. The monoisotopic (exact) mass is 343 g/mol. The zero-order valence-electron chi connectivity index (χ0n) is 14.0. The van der Waals surface area contributed by atoms with Crippen molar-refractivity contribution in [2.24, 2.45) is 0 Å². The van der Waals surface area contributed by atoms with Crippen LogP contribution >= 0.6 is 11.3 Å². The molecular formula is C19H25N3OS. The molecular weight excluding hydrogens is 318 g/mol. The van der Waals surface area contributed by atoms with Gasteiger partial charge in [-0.25, -0.2) is 4.79 Å². The zero-order valence-corrected chi connectivity index (χ0v) is 14.8. The van der Waals surface area contributed by atoms with Crippen LogP contribution in [0, 0.1) is 0 Å². The lowest BCUT2D eigenvalue weighted by Crippen LogP contribution is -2.40. The molecule has 128 valence electrons. The Balaban J connectivity index is 1.50. The number of nitrogens with zero attached hydrogens (tertiary/aromatic N) is 1. The lowest BCUT2D eigenvalue weighted by Gasteiger charge is -2.16. The molecule has 0 bridgehead atoms. The SMILES string of the molecule is O=C(NCc1c(-n2cccc2)sc2c1CCCC2)NC1CCCC1. The van der Waals surface area contributed by atoms with Crippen molar-refractivity contribution >= 4 is 17.4 Å². The van der Waals surface area contributed by atoms with Crippen molar-refractivity contribution < 1.29 is 4.79 Å². The molecule has 0 saturated heterocycles. The van der Waals surface area contributed by atoms with Gasteiger partial charge in [-0.1, -0.05) is 12.8 Å². The Bertz CT molecular complexity index is 699. The Morgan fingerprint density at radius 1 is 1.12 bits per heavy atom. The lowest BCUT2D eigenvalue weighted by atomic mass is 9.95. The Labute approximate surface area is 147 Å². The third kappa shape index (κ3) is 3.22. The van der Waals surface area contributed by atoms with Crippen LogP contribution in [0.3, 0.4) is 0 Å². The molecule has 5 heteroatoms. The van der Waals surface area contributed by atoms with Gasteiger partial charge in [0.25, 0.3) is 0 Å². The van der Waals surface area contributed by atoms with Crippen molar-refractivity contribution in [2.75, 3.05) is 0 Å². The number of carbonyl (C=O) groups is 1. The van der Waals surface area contributed by atoms with Gasteiger partial charge in [0, 0.05) is 35.4 Å². The van der Waals surface area contributed by atoms with Crippen molar-refractivity contribution in [3.8, 4) is 5.00 Å². The summed E-state index contributed by atoms with van der Waals surface area (Å²) in [5.74, 6) is 0. The van der Waals surface area contributed by atoms with Crippen LogP contribution in [0.2, 0.25) is 0 Å². The van der Waals surface area contributed by atoms with E-state index in [9.17, 15) is 4.79 Å². The molecule has 2 amide bonds. The summed E-state index contributed by atoms with van der Waals surface area (Å²) < 4.78 is 2.19. The maximum absolute atomic E-state index is 12.2. The summed E-state index contributed by atoms with van der Waals surface area (Å²) in [4.78, 5) is 13.7. The van der Waals surface area contributed by atoms with Gasteiger partial charge in [0.05, 0.1) is 0 Å². The number of aromatic nitrogens is 1. The van der Waals surface area contributed by atoms with E-state index in [4.69, 9.17) is 0 Å². The maximum atomic E-state index is 12.2. The summed E-state index contributed by atoms with van der Waals surface area (Å²) in [6, 6.07) is 4.47. The fourth-order valence-electron chi connectivity index (χ4n) is 3.95. The highest BCUT2D eigenvalue weighted by Gasteiger charge is 2.22. The van der Waals surface area contributed by atoms with E-state index in [1.54, 1.807) is 0 Å². The Morgan fingerprint density at radius 3 is 2.67 bits per heavy atom. The van der Waals surface area contributed by atoms with E-state index < -0.39 is 0 Å². The molecule has 2 aromatic rings. The smallest absolute Gasteiger partial charge is 0.315 e. The third-order valence-electron chi connectivity index (χ3n) is 5.21. The largest absolute Gasteiger partial charge is 0.335 e. The van der Waals surface area contributed by atoms with Crippen molar-refractivity contribution in [3.63, 3.8) is 0 Å². The molecule has 2 aliphatic rings. The van der Waals surface area contributed by atoms with Crippen LogP contribution in [0.15, 0.2) is 24.5 Å². The van der Waals surface area contributed by atoms with E-state index in [0.717, 1.165) is 19.3 Å². The first-order valence-corrected chi connectivity index (χ1v) is 9.94. The average molecular weight is 343 g/mol. The van der Waals surface area contributed by atoms with Crippen LogP contribution in [0.1, 0.15) is 54.5 Å². The first-order chi connectivity index (χ1) is 11.8. The van der Waals surface area contributed by atoms with Gasteiger partial charge in [-0.3, -0.25) is 0 Å². The van der Waals surface area contributed by atoms with Crippen LogP contribution < -0.4 is 10.6 Å². The van der Waals surface area contributed by atoms with Crippen LogP contribution in [0.4, 0.5) is 4.79 Å². The van der Waals surface area contributed by atoms with Crippen molar-refractivity contribution in [3.05, 3.63) is 40.5 Å². The first kappa shape index (κ1) is 15.8. The number of fused-ring (bicyclic) bond motifs is 1. The van der Waals surface area contributed by atoms with E-state index in [1.807, 2.05) is 11.3 Å². The number of hydrogen-bond acceptors (Lipinski definition) is 2. The maximum Gasteiger partial charge on any atom is 0.315 e. The van der Waals surface area contributed by atoms with E-state index in [1.165, 1.54) is 53.1 Å². The average Bonchev–Trinajstić information content (AvgIpc) is 3.33. The molecule has 0 radical (unpaired) electrons. The molecule has 2 heterocycles. The van der Waals surface area contributed by atoms with E-state index in [0.29, 0.717) is 12.6 Å². The second-order valence-corrected chi connectivity index (χ2v) is 7.98. The molecule has 2 N–H and O–H groups in total. The van der Waals surface area contributed by atoms with Crippen molar-refractivity contribution in [2.45, 2.75) is 64.0 Å². The van der Waals surface area contributed by atoms with E-state index in [2.05, 4.69) is 39.7 Å². The van der Waals surface area contributed by atoms with Gasteiger partial charge in [0.2, 0.25) is 0 Å². The summed E-state index contributed by atoms with van der Waals surface area (Å²) >= 11 is 1.90. The predicted molar refractivity (Wildman–Crippen MR) is 97.9 cm³/mol. The number of amides is 2. The molecule has 0 aromatic carbocycles. The predicted octanol–water partition coefficient (Wildman–Crippen LogP) is 4.16. The Kier molecular flexibility index (Phi) is 4.60. The standard InChI is InChI=1S/C19H25N3OS/c23-19(21-14-7-1-2-8-14)20-13-16-15-9-3-4-10-17(15)24-18(16)22-11-5-6-12-22/h5-6,11-12,14H,1-4,7-10,13H2,(H2,20,21,23). The minimum absolute atomic E-state index is 0.0175. The fourth-order valence-corrected chi connectivity index (χ4v) is 5.33. The zero-order chi connectivity index (χ0) is 16.4. The topological polar surface area (TPSA) is 46.1 Å². The van der Waals surface area contributed by atoms with Gasteiger partial charge in [-0.15, -0.1) is 11.3 Å². The number of rotatable bonds is 4. The fraction of sp³-hybridized carbons (Fsp3) is 0.526. The minimum Gasteiger partial charge on any atom is -0.335 e. The summed E-state index contributed by atoms with van der Waals surface area (Å²) in [7, 11) is 0. The molecule has 1 fully saturated rings. The normalized spacial score (nSPS) is 17.7. The molecule has 0 atom stereocenters. The Hall–Kier alpha value is -1.75. The Morgan fingerprint density at radius 2 is 1.88 bits per heavy atom. The first-order valence-electron chi connectivity index (χ1n) is 9.12. The summed E-state index contributed by atoms with van der Waals surface area (Å²) in [5.41, 5.74) is 2.79. The molecule has 0 unspecified atom stereocenters.